The lowest BCUT2D eigenvalue weighted by Crippen LogP contribution is -2.47. The highest BCUT2D eigenvalue weighted by Crippen LogP contribution is 2.27. The molecule has 2 unspecified atom stereocenters. The molecule has 0 aliphatic heterocycles. The third kappa shape index (κ3) is 4.56. The lowest BCUT2D eigenvalue weighted by molar-refractivity contribution is -0.137. The van der Waals surface area contributed by atoms with E-state index in [1.54, 1.807) is 24.6 Å². The van der Waals surface area contributed by atoms with E-state index in [1.165, 1.54) is 11.3 Å². The van der Waals surface area contributed by atoms with Crippen LogP contribution in [0.15, 0.2) is 6.07 Å². The van der Waals surface area contributed by atoms with Gasteiger partial charge in [0.1, 0.15) is 10.9 Å². The second-order valence-corrected chi connectivity index (χ2v) is 7.11. The number of thiophene rings is 1. The van der Waals surface area contributed by atoms with Crippen molar-refractivity contribution in [3.8, 4) is 0 Å². The van der Waals surface area contributed by atoms with Crippen LogP contribution in [0, 0.1) is 6.92 Å². The molecule has 8 nitrogen and oxygen atoms in total. The molecule has 0 spiro atoms. The summed E-state index contributed by atoms with van der Waals surface area (Å²) in [7, 11) is 1.82. The van der Waals surface area contributed by atoms with E-state index in [1.807, 2.05) is 14.0 Å². The van der Waals surface area contributed by atoms with Gasteiger partial charge in [0, 0.05) is 24.9 Å². The Balaban J connectivity index is 1.95. The molecule has 2 aromatic heterocycles. The zero-order valence-electron chi connectivity index (χ0n) is 14.6. The monoisotopic (exact) mass is 366 g/mol. The molecule has 0 fully saturated rings. The molecule has 25 heavy (non-hydrogen) atoms. The number of fused-ring (bicyclic) bond motifs is 1. The summed E-state index contributed by atoms with van der Waals surface area (Å²) in [6.45, 7) is 5.21. The zero-order chi connectivity index (χ0) is 18.7. The Hall–Kier alpha value is -2.42. The quantitative estimate of drug-likeness (QED) is 0.686. The summed E-state index contributed by atoms with van der Waals surface area (Å²) in [5.74, 6) is -1.57. The number of aromatic nitrogens is 2. The van der Waals surface area contributed by atoms with E-state index in [2.05, 4.69) is 15.7 Å². The summed E-state index contributed by atoms with van der Waals surface area (Å²) in [6.07, 6.45) is 0.321. The maximum atomic E-state index is 12.4. The Kier molecular flexibility index (Phi) is 5.78. The maximum absolute atomic E-state index is 12.4. The first-order valence-corrected chi connectivity index (χ1v) is 8.77. The summed E-state index contributed by atoms with van der Waals surface area (Å²) < 4.78 is 1.73. The molecule has 0 radical (unpaired) electrons. The average Bonchev–Trinajstić information content (AvgIpc) is 3.07. The Morgan fingerprint density at radius 2 is 2.00 bits per heavy atom. The van der Waals surface area contributed by atoms with Gasteiger partial charge in [0.05, 0.1) is 10.6 Å². The van der Waals surface area contributed by atoms with E-state index in [0.717, 1.165) is 15.9 Å². The summed E-state index contributed by atoms with van der Waals surface area (Å²) in [4.78, 5) is 36.4. The van der Waals surface area contributed by atoms with Crippen LogP contribution in [-0.4, -0.2) is 44.8 Å². The van der Waals surface area contributed by atoms with Crippen molar-refractivity contribution in [1.82, 2.24) is 20.4 Å². The van der Waals surface area contributed by atoms with Crippen molar-refractivity contribution in [2.24, 2.45) is 7.05 Å². The molecule has 0 aromatic carbocycles. The number of hydrogen-bond acceptors (Lipinski definition) is 5. The first-order chi connectivity index (χ1) is 11.7. The zero-order valence-corrected chi connectivity index (χ0v) is 15.4. The minimum Gasteiger partial charge on any atom is -0.481 e. The van der Waals surface area contributed by atoms with Crippen molar-refractivity contribution in [1.29, 1.82) is 0 Å². The van der Waals surface area contributed by atoms with Gasteiger partial charge >= 0.3 is 5.97 Å². The van der Waals surface area contributed by atoms with Gasteiger partial charge < -0.3 is 15.7 Å². The van der Waals surface area contributed by atoms with Crippen LogP contribution in [0.25, 0.3) is 10.2 Å². The van der Waals surface area contributed by atoms with Crippen LogP contribution in [0.5, 0.6) is 0 Å². The van der Waals surface area contributed by atoms with Gasteiger partial charge in [0.15, 0.2) is 0 Å². The Morgan fingerprint density at radius 3 is 2.60 bits per heavy atom. The average molecular weight is 366 g/mol. The van der Waals surface area contributed by atoms with Gasteiger partial charge in [-0.3, -0.25) is 19.1 Å². The number of carbonyl (C=O) groups is 3. The Morgan fingerprint density at radius 1 is 1.32 bits per heavy atom. The highest BCUT2D eigenvalue weighted by atomic mass is 32.1. The van der Waals surface area contributed by atoms with Crippen LogP contribution in [-0.2, 0) is 16.6 Å². The molecule has 0 saturated carbocycles. The number of carbonyl (C=O) groups excluding carboxylic acids is 2. The van der Waals surface area contributed by atoms with Gasteiger partial charge in [0.2, 0.25) is 5.91 Å². The highest BCUT2D eigenvalue weighted by Gasteiger charge is 2.21. The smallest absolute Gasteiger partial charge is 0.303 e. The third-order valence-corrected chi connectivity index (χ3v) is 5.04. The van der Waals surface area contributed by atoms with Crippen LogP contribution >= 0.6 is 11.3 Å². The van der Waals surface area contributed by atoms with Crippen LogP contribution in [0.2, 0.25) is 0 Å². The van der Waals surface area contributed by atoms with Crippen molar-refractivity contribution in [3.63, 3.8) is 0 Å². The topological polar surface area (TPSA) is 113 Å². The van der Waals surface area contributed by atoms with Crippen LogP contribution in [0.3, 0.4) is 0 Å². The standard InChI is InChI=1S/C16H22N4O4S/c1-8(5-6-13(21)22)17-14(23)10(3)18-15(24)12-7-11-9(2)19-20(4)16(11)25-12/h7-8,10H,5-6H2,1-4H3,(H,17,23)(H,18,24)(H,21,22). The van der Waals surface area contributed by atoms with Gasteiger partial charge in [-0.2, -0.15) is 5.10 Å². The van der Waals surface area contributed by atoms with E-state index < -0.39 is 12.0 Å². The van der Waals surface area contributed by atoms with E-state index in [-0.39, 0.29) is 24.3 Å². The lowest BCUT2D eigenvalue weighted by atomic mass is 10.1. The Labute approximate surface area is 149 Å². The summed E-state index contributed by atoms with van der Waals surface area (Å²) in [6, 6.07) is 0.780. The first-order valence-electron chi connectivity index (χ1n) is 7.95. The van der Waals surface area contributed by atoms with Crippen molar-refractivity contribution >= 4 is 39.3 Å². The molecule has 0 bridgehead atoms. The first kappa shape index (κ1) is 18.9. The normalized spacial score (nSPS) is 13.4. The molecule has 2 heterocycles. The second kappa shape index (κ2) is 7.64. The van der Waals surface area contributed by atoms with Crippen LogP contribution in [0.1, 0.15) is 42.1 Å². The van der Waals surface area contributed by atoms with Crippen LogP contribution < -0.4 is 10.6 Å². The van der Waals surface area contributed by atoms with Gasteiger partial charge in [0.25, 0.3) is 5.91 Å². The van der Waals surface area contributed by atoms with E-state index in [4.69, 9.17) is 5.11 Å². The van der Waals surface area contributed by atoms with Gasteiger partial charge in [-0.15, -0.1) is 11.3 Å². The molecule has 0 aliphatic carbocycles. The van der Waals surface area contributed by atoms with E-state index >= 15 is 0 Å². The van der Waals surface area contributed by atoms with Crippen LogP contribution in [0.4, 0.5) is 0 Å². The minimum absolute atomic E-state index is 0.0165. The molecule has 2 amide bonds. The third-order valence-electron chi connectivity index (χ3n) is 3.84. The van der Waals surface area contributed by atoms with E-state index in [0.29, 0.717) is 11.3 Å². The molecule has 136 valence electrons. The molecule has 0 saturated heterocycles. The number of aryl methyl sites for hydroxylation is 2. The van der Waals surface area contributed by atoms with Crippen molar-refractivity contribution < 1.29 is 19.5 Å². The molecule has 2 rings (SSSR count). The lowest BCUT2D eigenvalue weighted by Gasteiger charge is -2.17. The SMILES string of the molecule is Cc1nn(C)c2sc(C(=O)NC(C)C(=O)NC(C)CCC(=O)O)cc12. The number of rotatable bonds is 7. The van der Waals surface area contributed by atoms with Crippen molar-refractivity contribution in [2.45, 2.75) is 45.7 Å². The fraction of sp³-hybridized carbons (Fsp3) is 0.500. The number of carboxylic acid groups (broad SMARTS) is 1. The summed E-state index contributed by atoms with van der Waals surface area (Å²) >= 11 is 1.32. The predicted octanol–water partition coefficient (Wildman–Crippen LogP) is 1.43. The number of carboxylic acids is 1. The number of aliphatic carboxylic acids is 1. The number of hydrogen-bond donors (Lipinski definition) is 3. The van der Waals surface area contributed by atoms with E-state index in [9.17, 15) is 14.4 Å². The van der Waals surface area contributed by atoms with Gasteiger partial charge in [-0.05, 0) is 33.3 Å². The second-order valence-electron chi connectivity index (χ2n) is 6.08. The van der Waals surface area contributed by atoms with Crippen molar-refractivity contribution in [3.05, 3.63) is 16.6 Å². The minimum atomic E-state index is -0.906. The maximum Gasteiger partial charge on any atom is 0.303 e. The molecule has 2 aromatic rings. The number of nitrogens with one attached hydrogen (secondary N) is 2. The fourth-order valence-electron chi connectivity index (χ4n) is 2.43. The molecular weight excluding hydrogens is 344 g/mol. The highest BCUT2D eigenvalue weighted by molar-refractivity contribution is 7.20. The predicted molar refractivity (Wildman–Crippen MR) is 94.7 cm³/mol. The molecular formula is C16H22N4O4S. The summed E-state index contributed by atoms with van der Waals surface area (Å²) in [5.41, 5.74) is 0.853. The molecule has 0 aliphatic rings. The molecule has 3 N–H and O–H groups in total. The number of nitrogens with zero attached hydrogens (tertiary/aromatic N) is 2. The molecule has 9 heteroatoms. The summed E-state index contributed by atoms with van der Waals surface area (Å²) in [5, 5.41) is 19.2. The number of amides is 2. The van der Waals surface area contributed by atoms with Gasteiger partial charge in [-0.1, -0.05) is 0 Å². The van der Waals surface area contributed by atoms with Gasteiger partial charge in [-0.25, -0.2) is 0 Å². The largest absolute Gasteiger partial charge is 0.481 e. The fourth-order valence-corrected chi connectivity index (χ4v) is 3.46. The Bertz CT molecular complexity index is 776. The van der Waals surface area contributed by atoms with Crippen molar-refractivity contribution in [2.75, 3.05) is 0 Å². The molecule has 2 atom stereocenters.